The van der Waals surface area contributed by atoms with Gasteiger partial charge in [0.25, 0.3) is 0 Å². The van der Waals surface area contributed by atoms with Gasteiger partial charge in [0, 0.05) is 18.3 Å². The van der Waals surface area contributed by atoms with E-state index in [0.717, 1.165) is 33.1 Å². The van der Waals surface area contributed by atoms with E-state index in [4.69, 9.17) is 9.72 Å². The van der Waals surface area contributed by atoms with Crippen LogP contribution in [0.3, 0.4) is 0 Å². The molecule has 194 valence electrons. The monoisotopic (exact) mass is 543 g/mol. The van der Waals surface area contributed by atoms with E-state index in [-0.39, 0.29) is 17.8 Å². The Labute approximate surface area is 230 Å². The van der Waals surface area contributed by atoms with E-state index in [0.29, 0.717) is 11.0 Å². The highest BCUT2D eigenvalue weighted by atomic mass is 32.2. The Hall–Kier alpha value is -3.69. The molecule has 9 heteroatoms. The van der Waals surface area contributed by atoms with Crippen molar-refractivity contribution < 1.29 is 9.53 Å². The van der Waals surface area contributed by atoms with E-state index in [1.165, 1.54) is 27.6 Å². The van der Waals surface area contributed by atoms with Crippen molar-refractivity contribution in [2.75, 3.05) is 11.1 Å². The Morgan fingerprint density at radius 1 is 1.03 bits per heavy atom. The van der Waals surface area contributed by atoms with E-state index >= 15 is 0 Å². The van der Waals surface area contributed by atoms with Crippen LogP contribution in [0.1, 0.15) is 35.5 Å². The lowest BCUT2D eigenvalue weighted by Gasteiger charge is -2.16. The summed E-state index contributed by atoms with van der Waals surface area (Å²) < 4.78 is 9.18. The van der Waals surface area contributed by atoms with Gasteiger partial charge in [0.1, 0.15) is 10.8 Å². The van der Waals surface area contributed by atoms with Gasteiger partial charge in [-0.2, -0.15) is 0 Å². The van der Waals surface area contributed by atoms with Gasteiger partial charge in [0.05, 0.1) is 16.0 Å². The van der Waals surface area contributed by atoms with Crippen molar-refractivity contribution in [3.05, 3.63) is 83.2 Å². The highest BCUT2D eigenvalue weighted by Gasteiger charge is 2.19. The number of ether oxygens (including phenoxy) is 1. The molecular weight excluding hydrogens is 514 g/mol. The summed E-state index contributed by atoms with van der Waals surface area (Å²) in [4.78, 5) is 17.4. The number of aryl methyl sites for hydroxylation is 3. The van der Waals surface area contributed by atoms with E-state index in [2.05, 4.69) is 53.6 Å². The minimum absolute atomic E-state index is 0.109. The first-order valence-electron chi connectivity index (χ1n) is 12.3. The molecule has 38 heavy (non-hydrogen) atoms. The smallest absolute Gasteiger partial charge is 0.234 e. The Balaban J connectivity index is 1.17. The molecule has 0 fully saturated rings. The van der Waals surface area contributed by atoms with Gasteiger partial charge in [0.15, 0.2) is 17.1 Å². The number of amides is 1. The van der Waals surface area contributed by atoms with Gasteiger partial charge < -0.3 is 14.6 Å². The number of hydrogen-bond donors (Lipinski definition) is 1. The van der Waals surface area contributed by atoms with Crippen LogP contribution in [0.5, 0.6) is 5.75 Å². The summed E-state index contributed by atoms with van der Waals surface area (Å²) in [5, 5.41) is 13.2. The summed E-state index contributed by atoms with van der Waals surface area (Å²) in [5.41, 5.74) is 6.26. The van der Waals surface area contributed by atoms with Crippen LogP contribution in [-0.2, 0) is 11.8 Å². The zero-order valence-electron chi connectivity index (χ0n) is 22.0. The normalized spacial score (nSPS) is 12.0. The fourth-order valence-electron chi connectivity index (χ4n) is 4.16. The second-order valence-electron chi connectivity index (χ2n) is 9.33. The maximum atomic E-state index is 12.6. The predicted molar refractivity (Wildman–Crippen MR) is 155 cm³/mol. The molecule has 1 unspecified atom stereocenters. The van der Waals surface area contributed by atoms with Gasteiger partial charge in [0.2, 0.25) is 5.91 Å². The molecule has 1 amide bonds. The number of nitrogens with zero attached hydrogens (tertiary/aromatic N) is 4. The lowest BCUT2D eigenvalue weighted by molar-refractivity contribution is -0.113. The third kappa shape index (κ3) is 5.74. The summed E-state index contributed by atoms with van der Waals surface area (Å²) >= 11 is 3.01. The molecule has 5 aromatic rings. The fraction of sp³-hybridized carbons (Fsp3) is 0.241. The molecule has 0 aliphatic rings. The maximum absolute atomic E-state index is 12.6. The highest BCUT2D eigenvalue weighted by molar-refractivity contribution is 7.99. The van der Waals surface area contributed by atoms with Gasteiger partial charge in [-0.25, -0.2) is 4.98 Å². The van der Waals surface area contributed by atoms with Crippen molar-refractivity contribution >= 4 is 44.9 Å². The average molecular weight is 544 g/mol. The number of nitrogens with one attached hydrogen (secondary N) is 1. The van der Waals surface area contributed by atoms with Crippen molar-refractivity contribution in [3.63, 3.8) is 0 Å². The Morgan fingerprint density at radius 2 is 1.76 bits per heavy atom. The van der Waals surface area contributed by atoms with Crippen molar-refractivity contribution in [3.8, 4) is 16.3 Å². The molecule has 0 bridgehead atoms. The van der Waals surface area contributed by atoms with Crippen molar-refractivity contribution in [2.45, 2.75) is 39.0 Å². The molecule has 0 aliphatic heterocycles. The summed E-state index contributed by atoms with van der Waals surface area (Å²) in [6.45, 7) is 8.12. The van der Waals surface area contributed by atoms with E-state index < -0.39 is 0 Å². The lowest BCUT2D eigenvalue weighted by Crippen LogP contribution is -2.15. The van der Waals surface area contributed by atoms with Crippen molar-refractivity contribution in [2.24, 2.45) is 7.05 Å². The molecule has 3 aromatic carbocycles. The third-order valence-corrected chi connectivity index (χ3v) is 8.25. The quantitative estimate of drug-likeness (QED) is 0.215. The molecule has 1 atom stereocenters. The third-order valence-electron chi connectivity index (χ3n) is 6.16. The van der Waals surface area contributed by atoms with Crippen LogP contribution in [0.25, 0.3) is 20.8 Å². The van der Waals surface area contributed by atoms with Crippen LogP contribution in [0.2, 0.25) is 0 Å². The van der Waals surface area contributed by atoms with Crippen LogP contribution in [0, 0.1) is 20.8 Å². The number of hydrogen-bond acceptors (Lipinski definition) is 7. The van der Waals surface area contributed by atoms with E-state index in [1.54, 1.807) is 11.3 Å². The van der Waals surface area contributed by atoms with Crippen LogP contribution in [0.4, 0.5) is 5.69 Å². The Morgan fingerprint density at radius 3 is 2.53 bits per heavy atom. The Kier molecular flexibility index (Phi) is 7.49. The van der Waals surface area contributed by atoms with E-state index in [1.807, 2.05) is 61.9 Å². The largest absolute Gasteiger partial charge is 0.482 e. The fourth-order valence-corrected chi connectivity index (χ4v) is 5.95. The van der Waals surface area contributed by atoms with Gasteiger partial charge in [-0.3, -0.25) is 4.79 Å². The van der Waals surface area contributed by atoms with Gasteiger partial charge in [-0.05, 0) is 81.3 Å². The minimum Gasteiger partial charge on any atom is -0.482 e. The number of thiazole rings is 1. The molecule has 0 spiro atoms. The predicted octanol–water partition coefficient (Wildman–Crippen LogP) is 6.89. The molecular formula is C29H29N5O2S2. The molecule has 0 aliphatic carbocycles. The Bertz CT molecular complexity index is 1610. The van der Waals surface area contributed by atoms with Crippen LogP contribution in [-0.4, -0.2) is 31.4 Å². The first-order valence-corrected chi connectivity index (χ1v) is 14.1. The SMILES string of the molecule is Cc1ccc(OC(C)c2nnc(SCC(=O)Nc3ccc(-c4nc5ccc(C)cc5s4)cc3)n2C)c(C)c1. The number of carbonyl (C=O) groups excluding carboxylic acids is 1. The topological polar surface area (TPSA) is 81.9 Å². The molecule has 0 saturated heterocycles. The lowest BCUT2D eigenvalue weighted by atomic mass is 10.1. The number of thioether (sulfide) groups is 1. The molecule has 1 N–H and O–H groups in total. The van der Waals surface area contributed by atoms with E-state index in [9.17, 15) is 4.79 Å². The number of carbonyl (C=O) groups is 1. The average Bonchev–Trinajstić information content (AvgIpc) is 3.47. The van der Waals surface area contributed by atoms with Crippen LogP contribution >= 0.6 is 23.1 Å². The standard InChI is InChI=1S/C29H29N5O2S2/c1-17-7-13-24(19(3)14-17)36-20(4)27-32-33-29(34(27)5)37-16-26(35)30-22-10-8-21(9-11-22)28-31-23-12-6-18(2)15-25(23)38-28/h6-15,20H,16H2,1-5H3,(H,30,35). The molecule has 0 radical (unpaired) electrons. The second kappa shape index (κ2) is 11.0. The molecule has 2 heterocycles. The zero-order chi connectivity index (χ0) is 26.8. The summed E-state index contributed by atoms with van der Waals surface area (Å²) in [6, 6.07) is 20.2. The number of fused-ring (bicyclic) bond motifs is 1. The van der Waals surface area contributed by atoms with Gasteiger partial charge in [-0.15, -0.1) is 21.5 Å². The summed E-state index contributed by atoms with van der Waals surface area (Å²) in [7, 11) is 1.89. The van der Waals surface area contributed by atoms with Gasteiger partial charge >= 0.3 is 0 Å². The van der Waals surface area contributed by atoms with Crippen LogP contribution < -0.4 is 10.1 Å². The summed E-state index contributed by atoms with van der Waals surface area (Å²) in [6.07, 6.45) is -0.282. The van der Waals surface area contributed by atoms with Crippen LogP contribution in [0.15, 0.2) is 65.8 Å². The number of benzene rings is 3. The summed E-state index contributed by atoms with van der Waals surface area (Å²) in [5.74, 6) is 1.64. The first kappa shape index (κ1) is 25.9. The second-order valence-corrected chi connectivity index (χ2v) is 11.3. The molecule has 2 aromatic heterocycles. The number of aromatic nitrogens is 4. The van der Waals surface area contributed by atoms with Gasteiger partial charge in [-0.1, -0.05) is 35.5 Å². The zero-order valence-corrected chi connectivity index (χ0v) is 23.6. The molecule has 7 nitrogen and oxygen atoms in total. The molecule has 5 rings (SSSR count). The minimum atomic E-state index is -0.282. The first-order chi connectivity index (χ1) is 18.3. The molecule has 0 saturated carbocycles. The number of rotatable bonds is 8. The highest BCUT2D eigenvalue weighted by Crippen LogP contribution is 2.31. The van der Waals surface area contributed by atoms with Crippen molar-refractivity contribution in [1.29, 1.82) is 0 Å². The number of anilines is 1. The van der Waals surface area contributed by atoms with Crippen molar-refractivity contribution in [1.82, 2.24) is 19.7 Å². The maximum Gasteiger partial charge on any atom is 0.234 e.